The number of thiazole rings is 1. The Morgan fingerprint density at radius 3 is 2.70 bits per heavy atom. The second-order valence-electron chi connectivity index (χ2n) is 9.11. The number of nitrogens with zero attached hydrogens (tertiary/aromatic N) is 3. The number of rotatable bonds is 7. The first-order valence-corrected chi connectivity index (χ1v) is 12.6. The van der Waals surface area contributed by atoms with Crippen LogP contribution < -0.4 is 5.32 Å². The molecule has 1 aromatic carbocycles. The van der Waals surface area contributed by atoms with Crippen LogP contribution in [0.15, 0.2) is 39.8 Å². The number of aliphatic carboxylic acids is 1. The Kier molecular flexibility index (Phi) is 7.63. The van der Waals surface area contributed by atoms with E-state index in [-0.39, 0.29) is 40.2 Å². The number of carboxylic acid groups (broad SMARTS) is 1. The Labute approximate surface area is 219 Å². The van der Waals surface area contributed by atoms with Crippen molar-refractivity contribution in [3.05, 3.63) is 62.0 Å². The van der Waals surface area contributed by atoms with Crippen LogP contribution in [0.3, 0.4) is 0 Å². The van der Waals surface area contributed by atoms with Crippen LogP contribution in [0.5, 0.6) is 0 Å². The minimum absolute atomic E-state index is 0.00567. The summed E-state index contributed by atoms with van der Waals surface area (Å²) in [5, 5.41) is 14.9. The largest absolute Gasteiger partial charge is 0.480 e. The predicted octanol–water partition coefficient (Wildman–Crippen LogP) is 4.37. The number of esters is 1. The van der Waals surface area contributed by atoms with Gasteiger partial charge in [-0.05, 0) is 18.1 Å². The van der Waals surface area contributed by atoms with Crippen molar-refractivity contribution in [3.63, 3.8) is 0 Å². The molecule has 0 radical (unpaired) electrons. The minimum atomic E-state index is -3.22. The van der Waals surface area contributed by atoms with E-state index >= 15 is 0 Å². The van der Waals surface area contributed by atoms with Gasteiger partial charge in [-0.25, -0.2) is 22.9 Å². The van der Waals surface area contributed by atoms with Crippen molar-refractivity contribution < 1.29 is 32.6 Å². The van der Waals surface area contributed by atoms with Crippen molar-refractivity contribution in [3.8, 4) is 0 Å². The Hall–Kier alpha value is -2.96. The van der Waals surface area contributed by atoms with E-state index in [1.165, 1.54) is 17.4 Å². The van der Waals surface area contributed by atoms with E-state index < -0.39 is 48.7 Å². The van der Waals surface area contributed by atoms with E-state index in [2.05, 4.69) is 15.3 Å². The molecule has 0 bridgehead atoms. The van der Waals surface area contributed by atoms with Gasteiger partial charge in [-0.2, -0.15) is 0 Å². The van der Waals surface area contributed by atoms with Crippen LogP contribution in [0.25, 0.3) is 0 Å². The van der Waals surface area contributed by atoms with E-state index in [1.807, 2.05) is 19.2 Å². The first-order chi connectivity index (χ1) is 17.4. The summed E-state index contributed by atoms with van der Waals surface area (Å²) in [5.41, 5.74) is 1.14. The van der Waals surface area contributed by atoms with Crippen molar-refractivity contribution in [2.75, 3.05) is 20.2 Å². The molecular weight excluding hydrogens is 533 g/mol. The molecule has 2 aliphatic heterocycles. The van der Waals surface area contributed by atoms with Gasteiger partial charge in [-0.15, -0.1) is 11.3 Å². The van der Waals surface area contributed by atoms with Crippen molar-refractivity contribution in [1.82, 2.24) is 15.2 Å². The molecule has 2 N–H and O–H groups in total. The van der Waals surface area contributed by atoms with Gasteiger partial charge in [0, 0.05) is 34.6 Å². The number of carboxylic acids is 1. The summed E-state index contributed by atoms with van der Waals surface area (Å²) >= 11 is 7.62. The summed E-state index contributed by atoms with van der Waals surface area (Å²) in [7, 11) is 1.15. The van der Waals surface area contributed by atoms with Gasteiger partial charge in [0.05, 0.1) is 24.9 Å². The van der Waals surface area contributed by atoms with Gasteiger partial charge < -0.3 is 15.2 Å². The summed E-state index contributed by atoms with van der Waals surface area (Å²) in [4.78, 5) is 35.0. The summed E-state index contributed by atoms with van der Waals surface area (Å²) in [6, 6.07) is 1.05. The number of nitrogens with one attached hydrogen (secondary N) is 1. The number of ether oxygens (including phenoxy) is 1. The third kappa shape index (κ3) is 5.65. The van der Waals surface area contributed by atoms with Crippen LogP contribution >= 0.6 is 22.9 Å². The number of aliphatic imine (C=N–C) groups is 1. The first-order valence-electron chi connectivity index (χ1n) is 11.3. The third-order valence-electron chi connectivity index (χ3n) is 6.12. The average Bonchev–Trinajstić information content (AvgIpc) is 3.43. The molecule has 0 spiro atoms. The Morgan fingerprint density at radius 1 is 1.38 bits per heavy atom. The Bertz CT molecular complexity index is 1300. The SMILES string of the molecule is COC(=O)C1=C(CN2CC(F)(F)CC2C(=O)O)NC(c2nc(C(C)C)cs2)=NC1c1ccc(F)cc1Cl. The molecule has 4 rings (SSSR count). The van der Waals surface area contributed by atoms with Crippen LogP contribution in [0.1, 0.15) is 48.5 Å². The average molecular weight is 557 g/mol. The van der Waals surface area contributed by atoms with Gasteiger partial charge in [0.1, 0.15) is 17.9 Å². The van der Waals surface area contributed by atoms with Crippen LogP contribution in [-0.4, -0.2) is 64.9 Å². The lowest BCUT2D eigenvalue weighted by Gasteiger charge is -2.30. The number of hydrogen-bond donors (Lipinski definition) is 2. The molecule has 198 valence electrons. The zero-order valence-electron chi connectivity index (χ0n) is 20.1. The molecule has 0 saturated carbocycles. The number of likely N-dealkylation sites (tertiary alicyclic amines) is 1. The Balaban J connectivity index is 1.85. The number of alkyl halides is 2. The van der Waals surface area contributed by atoms with Gasteiger partial charge >= 0.3 is 11.9 Å². The highest BCUT2D eigenvalue weighted by Crippen LogP contribution is 2.38. The number of amidine groups is 1. The van der Waals surface area contributed by atoms with Crippen LogP contribution in [0, 0.1) is 5.82 Å². The second kappa shape index (κ2) is 10.4. The van der Waals surface area contributed by atoms with Crippen molar-refractivity contribution in [2.24, 2.45) is 4.99 Å². The van der Waals surface area contributed by atoms with E-state index in [9.17, 15) is 27.9 Å². The zero-order chi connectivity index (χ0) is 27.1. The third-order valence-corrected chi connectivity index (χ3v) is 7.31. The Morgan fingerprint density at radius 2 is 2.11 bits per heavy atom. The smallest absolute Gasteiger partial charge is 0.338 e. The fourth-order valence-corrected chi connectivity index (χ4v) is 5.49. The van der Waals surface area contributed by atoms with Crippen molar-refractivity contribution in [1.29, 1.82) is 0 Å². The zero-order valence-corrected chi connectivity index (χ0v) is 21.7. The van der Waals surface area contributed by atoms with Gasteiger partial charge in [0.25, 0.3) is 5.92 Å². The molecule has 8 nitrogen and oxygen atoms in total. The highest BCUT2D eigenvalue weighted by atomic mass is 35.5. The number of halogens is 4. The van der Waals surface area contributed by atoms with Crippen LogP contribution in [0.2, 0.25) is 5.02 Å². The monoisotopic (exact) mass is 556 g/mol. The number of aromatic nitrogens is 1. The van der Waals surface area contributed by atoms with Crippen LogP contribution in [0.4, 0.5) is 13.2 Å². The standard InChI is InChI=1S/C24H24ClF3N4O4S/c1-11(2)16-9-37-21(30-16)20-29-15(8-32-10-24(27,28)7-17(32)22(33)34)18(23(35)36-3)19(31-20)13-5-4-12(26)6-14(13)25/h4-6,9,11,17,19H,7-8,10H2,1-3H3,(H,29,31)(H,33,34). The fourth-order valence-electron chi connectivity index (χ4n) is 4.28. The molecule has 37 heavy (non-hydrogen) atoms. The molecule has 2 atom stereocenters. The lowest BCUT2D eigenvalue weighted by Crippen LogP contribution is -2.43. The molecule has 0 aliphatic carbocycles. The quantitative estimate of drug-likeness (QED) is 0.488. The molecule has 2 aromatic rings. The molecule has 1 aromatic heterocycles. The van der Waals surface area contributed by atoms with Crippen LogP contribution in [-0.2, 0) is 14.3 Å². The predicted molar refractivity (Wildman–Crippen MR) is 132 cm³/mol. The summed E-state index contributed by atoms with van der Waals surface area (Å²) in [5.74, 6) is -5.68. The van der Waals surface area contributed by atoms with Gasteiger partial charge in [0.15, 0.2) is 10.8 Å². The maximum absolute atomic E-state index is 14.2. The summed E-state index contributed by atoms with van der Waals surface area (Å²) in [6.07, 6.45) is -0.860. The number of carbonyl (C=O) groups is 2. The second-order valence-corrected chi connectivity index (χ2v) is 10.4. The lowest BCUT2D eigenvalue weighted by atomic mass is 9.95. The minimum Gasteiger partial charge on any atom is -0.480 e. The molecule has 1 fully saturated rings. The highest BCUT2D eigenvalue weighted by molar-refractivity contribution is 7.11. The molecule has 2 unspecified atom stereocenters. The number of carbonyl (C=O) groups excluding carboxylic acids is 1. The molecule has 0 amide bonds. The summed E-state index contributed by atoms with van der Waals surface area (Å²) in [6.45, 7) is 2.78. The highest BCUT2D eigenvalue weighted by Gasteiger charge is 2.49. The first kappa shape index (κ1) is 27.1. The number of benzene rings is 1. The van der Waals surface area contributed by atoms with Crippen molar-refractivity contribution >= 4 is 40.7 Å². The van der Waals surface area contributed by atoms with E-state index in [0.717, 1.165) is 29.8 Å². The van der Waals surface area contributed by atoms with Crippen molar-refractivity contribution in [2.45, 2.75) is 44.2 Å². The van der Waals surface area contributed by atoms with E-state index in [4.69, 9.17) is 16.3 Å². The fraction of sp³-hybridized carbons (Fsp3) is 0.417. The molecule has 13 heteroatoms. The maximum atomic E-state index is 14.2. The van der Waals surface area contributed by atoms with Gasteiger partial charge in [0.2, 0.25) is 0 Å². The normalized spacial score (nSPS) is 21.7. The molecular formula is C24H24ClF3N4O4S. The van der Waals surface area contributed by atoms with Gasteiger partial charge in [-0.3, -0.25) is 14.7 Å². The lowest BCUT2D eigenvalue weighted by molar-refractivity contribution is -0.142. The van der Waals surface area contributed by atoms with E-state index in [0.29, 0.717) is 5.01 Å². The number of hydrogen-bond acceptors (Lipinski definition) is 8. The molecule has 3 heterocycles. The summed E-state index contributed by atoms with van der Waals surface area (Å²) < 4.78 is 47.2. The maximum Gasteiger partial charge on any atom is 0.338 e. The van der Waals surface area contributed by atoms with E-state index in [1.54, 1.807) is 0 Å². The number of methoxy groups -OCH3 is 1. The molecule has 2 aliphatic rings. The topological polar surface area (TPSA) is 104 Å². The van der Waals surface area contributed by atoms with Gasteiger partial charge in [-0.1, -0.05) is 31.5 Å². The molecule has 1 saturated heterocycles.